The predicted molar refractivity (Wildman–Crippen MR) is 96.3 cm³/mol. The number of carbonyl (C=O) groups is 4. The maximum Gasteiger partial charge on any atom is 1.00 e. The Morgan fingerprint density at radius 3 is 2.43 bits per heavy atom. The summed E-state index contributed by atoms with van der Waals surface area (Å²) in [5.74, 6) is -5.61. The van der Waals surface area contributed by atoms with Crippen LogP contribution in [0.1, 0.15) is 25.3 Å². The van der Waals surface area contributed by atoms with Crippen LogP contribution in [-0.2, 0) is 23.9 Å². The summed E-state index contributed by atoms with van der Waals surface area (Å²) in [6.45, 7) is 3.38. The summed E-state index contributed by atoms with van der Waals surface area (Å²) >= 11 is 2.43. The minimum absolute atomic E-state index is 0. The fraction of sp³-hybridized carbons (Fsp3) is 0.500. The number of ether oxygens (including phenoxy) is 1. The number of carboxylic acid groups (broad SMARTS) is 2. The van der Waals surface area contributed by atoms with Crippen LogP contribution in [0.15, 0.2) is 16.8 Å². The van der Waals surface area contributed by atoms with Crippen LogP contribution in [0, 0.1) is 0 Å². The number of carboxylic acids is 2. The molecule has 1 aromatic rings. The van der Waals surface area contributed by atoms with Crippen LogP contribution in [0.4, 0.5) is 0 Å². The third-order valence-electron chi connectivity index (χ3n) is 4.76. The van der Waals surface area contributed by atoms with Crippen molar-refractivity contribution in [2.24, 2.45) is 0 Å². The summed E-state index contributed by atoms with van der Waals surface area (Å²) in [5, 5.41) is 23.8. The second-order valence-electron chi connectivity index (χ2n) is 6.78. The number of fused-ring (bicyclic) bond motifs is 1. The van der Waals surface area contributed by atoms with Gasteiger partial charge in [-0.25, -0.2) is 4.79 Å². The molecule has 2 aliphatic rings. The fourth-order valence-electron chi connectivity index (χ4n) is 3.48. The number of rotatable bonds is 6. The molecule has 2 amide bonds. The normalized spacial score (nSPS) is 28.5. The van der Waals surface area contributed by atoms with Crippen LogP contribution in [-0.4, -0.2) is 67.9 Å². The monoisotopic (exact) mass is 437 g/mol. The van der Waals surface area contributed by atoms with E-state index in [1.54, 1.807) is 24.6 Å². The van der Waals surface area contributed by atoms with Crippen LogP contribution >= 0.6 is 23.1 Å². The molecule has 9 nitrogen and oxygen atoms in total. The van der Waals surface area contributed by atoms with Crippen molar-refractivity contribution in [3.05, 3.63) is 22.4 Å². The van der Waals surface area contributed by atoms with E-state index in [-0.39, 0.29) is 29.6 Å². The number of hydrogen-bond acceptors (Lipinski definition) is 7. The van der Waals surface area contributed by atoms with E-state index in [2.05, 4.69) is 5.32 Å². The van der Waals surface area contributed by atoms with Crippen LogP contribution < -0.4 is 34.9 Å². The Bertz CT molecular complexity index is 816. The van der Waals surface area contributed by atoms with Crippen molar-refractivity contribution in [2.75, 3.05) is 7.11 Å². The predicted octanol–water partition coefficient (Wildman–Crippen LogP) is -2.47. The topological polar surface area (TPSA) is 133 Å². The molecule has 3 rings (SSSR count). The van der Waals surface area contributed by atoms with Crippen LogP contribution in [0.2, 0.25) is 0 Å². The summed E-state index contributed by atoms with van der Waals surface area (Å²) in [4.78, 5) is 49.9. The Hall–Kier alpha value is -1.11. The molecule has 0 aromatic carbocycles. The first-order valence-corrected chi connectivity index (χ1v) is 9.74. The van der Waals surface area contributed by atoms with Gasteiger partial charge in [-0.1, -0.05) is 0 Å². The SMILES string of the molecule is CO[C@@]1(NC(=O)C(C(=O)O)c2ccsc2)C(=O)N2[C@@H](C(=O)O)C(C)(C)S[C@@H]21.[Na+]. The van der Waals surface area contributed by atoms with Gasteiger partial charge < -0.3 is 25.2 Å². The Labute approximate surface area is 191 Å². The first-order chi connectivity index (χ1) is 12.6. The van der Waals surface area contributed by atoms with E-state index in [9.17, 15) is 29.4 Å². The summed E-state index contributed by atoms with van der Waals surface area (Å²) in [6.07, 6.45) is 0. The number of carbonyl (C=O) groups excluding carboxylic acids is 2. The smallest absolute Gasteiger partial charge is 0.480 e. The van der Waals surface area contributed by atoms with E-state index in [1.165, 1.54) is 36.3 Å². The van der Waals surface area contributed by atoms with E-state index < -0.39 is 51.6 Å². The van der Waals surface area contributed by atoms with E-state index in [1.807, 2.05) is 0 Å². The summed E-state index contributed by atoms with van der Waals surface area (Å²) in [5.41, 5.74) is -1.50. The van der Waals surface area contributed by atoms with Gasteiger partial charge in [-0.05, 0) is 36.2 Å². The quantitative estimate of drug-likeness (QED) is 0.193. The molecule has 4 atom stereocenters. The molecule has 0 aliphatic carbocycles. The zero-order valence-electron chi connectivity index (χ0n) is 15.7. The zero-order valence-corrected chi connectivity index (χ0v) is 19.3. The van der Waals surface area contributed by atoms with Crippen LogP contribution in [0.5, 0.6) is 0 Å². The number of thioether (sulfide) groups is 1. The van der Waals surface area contributed by atoms with Crippen molar-refractivity contribution in [2.45, 2.75) is 41.7 Å². The van der Waals surface area contributed by atoms with Gasteiger partial charge in [0.15, 0.2) is 5.92 Å². The minimum atomic E-state index is -1.80. The standard InChI is InChI=1S/C16H18N2O7S2.Na/c1-15(2)9(12(22)23)18-13(24)16(25-3,14(18)27-15)17-10(19)8(11(20)21)7-4-5-26-6-7;/h4-6,8-9,14H,1-3H3,(H,17,19)(H,20,21)(H,22,23);/q;+1/t8?,9-,14+,16-;/m0./s1. The summed E-state index contributed by atoms with van der Waals surface area (Å²) in [6, 6.07) is 0.443. The first-order valence-electron chi connectivity index (χ1n) is 7.92. The van der Waals surface area contributed by atoms with Gasteiger partial charge in [0.1, 0.15) is 11.4 Å². The molecule has 1 unspecified atom stereocenters. The number of amides is 2. The van der Waals surface area contributed by atoms with Crippen LogP contribution in [0.3, 0.4) is 0 Å². The molecule has 12 heteroatoms. The molecule has 2 saturated heterocycles. The summed E-state index contributed by atoms with van der Waals surface area (Å²) in [7, 11) is 1.22. The number of aliphatic carboxylic acids is 2. The minimum Gasteiger partial charge on any atom is -0.480 e. The van der Waals surface area contributed by atoms with Gasteiger partial charge in [-0.3, -0.25) is 14.4 Å². The van der Waals surface area contributed by atoms with Gasteiger partial charge in [0.05, 0.1) is 0 Å². The van der Waals surface area contributed by atoms with E-state index in [0.29, 0.717) is 5.56 Å². The third-order valence-corrected chi connectivity index (χ3v) is 7.07. The number of methoxy groups -OCH3 is 1. The molecule has 0 saturated carbocycles. The maximum atomic E-state index is 12.8. The summed E-state index contributed by atoms with van der Waals surface area (Å²) < 4.78 is 4.50. The van der Waals surface area contributed by atoms with Crippen molar-refractivity contribution in [1.29, 1.82) is 0 Å². The molecule has 2 aliphatic heterocycles. The Balaban J connectivity index is 0.00000280. The number of hydrogen-bond donors (Lipinski definition) is 3. The Kier molecular flexibility index (Phi) is 6.59. The van der Waals surface area contributed by atoms with Gasteiger partial charge >= 0.3 is 41.5 Å². The van der Waals surface area contributed by atoms with Gasteiger partial charge in [0, 0.05) is 11.9 Å². The molecule has 3 N–H and O–H groups in total. The molecule has 146 valence electrons. The fourth-order valence-corrected chi connectivity index (χ4v) is 5.84. The van der Waals surface area contributed by atoms with Gasteiger partial charge in [-0.2, -0.15) is 11.3 Å². The molecule has 0 bridgehead atoms. The Morgan fingerprint density at radius 2 is 1.96 bits per heavy atom. The van der Waals surface area contributed by atoms with Crippen molar-refractivity contribution in [3.8, 4) is 0 Å². The second kappa shape index (κ2) is 7.96. The number of nitrogens with zero attached hydrogens (tertiary/aromatic N) is 1. The van der Waals surface area contributed by atoms with E-state index in [4.69, 9.17) is 4.74 Å². The third kappa shape index (κ3) is 3.37. The van der Waals surface area contributed by atoms with Crippen molar-refractivity contribution in [3.63, 3.8) is 0 Å². The van der Waals surface area contributed by atoms with E-state index in [0.717, 1.165) is 4.90 Å². The first kappa shape index (κ1) is 23.2. The van der Waals surface area contributed by atoms with E-state index >= 15 is 0 Å². The molecular weight excluding hydrogens is 419 g/mol. The molecular formula is C16H18N2NaO7S2+. The van der Waals surface area contributed by atoms with Crippen molar-refractivity contribution >= 4 is 46.9 Å². The average molecular weight is 437 g/mol. The van der Waals surface area contributed by atoms with Gasteiger partial charge in [0.2, 0.25) is 5.91 Å². The van der Waals surface area contributed by atoms with Crippen molar-refractivity contribution in [1.82, 2.24) is 10.2 Å². The largest absolute Gasteiger partial charge is 1.00 e. The number of β-lactam (4-membered cyclic amide) rings is 1. The number of nitrogens with one attached hydrogen (secondary N) is 1. The molecule has 1 aromatic heterocycles. The second-order valence-corrected chi connectivity index (χ2v) is 9.30. The molecule has 3 heterocycles. The Morgan fingerprint density at radius 1 is 1.32 bits per heavy atom. The molecule has 0 radical (unpaired) electrons. The average Bonchev–Trinajstić information content (AvgIpc) is 3.16. The van der Waals surface area contributed by atoms with Gasteiger partial charge in [0.25, 0.3) is 11.6 Å². The van der Waals surface area contributed by atoms with Crippen LogP contribution in [0.25, 0.3) is 0 Å². The van der Waals surface area contributed by atoms with Crippen molar-refractivity contribution < 1.29 is 63.7 Å². The number of thiophene rings is 1. The molecule has 2 fully saturated rings. The van der Waals surface area contributed by atoms with Gasteiger partial charge in [-0.15, -0.1) is 11.8 Å². The molecule has 0 spiro atoms. The zero-order chi connectivity index (χ0) is 20.1. The maximum absolute atomic E-state index is 12.8. The molecule has 28 heavy (non-hydrogen) atoms.